The van der Waals surface area contributed by atoms with E-state index in [-0.39, 0.29) is 12.1 Å². The van der Waals surface area contributed by atoms with Gasteiger partial charge in [-0.3, -0.25) is 16.3 Å². The van der Waals surface area contributed by atoms with Crippen molar-refractivity contribution in [1.82, 2.24) is 10.4 Å². The summed E-state index contributed by atoms with van der Waals surface area (Å²) in [6.45, 7) is 0.841. The molecule has 2 heterocycles. The van der Waals surface area contributed by atoms with Gasteiger partial charge in [0.1, 0.15) is 0 Å². The van der Waals surface area contributed by atoms with E-state index in [4.69, 9.17) is 10.6 Å². The number of nitrogens with one attached hydrogen (secondary N) is 1. The molecule has 1 aromatic heterocycles. The van der Waals surface area contributed by atoms with Crippen molar-refractivity contribution < 1.29 is 4.74 Å². The molecule has 1 aliphatic heterocycles. The Morgan fingerprint density at radius 3 is 3.00 bits per heavy atom. The lowest BCUT2D eigenvalue weighted by Crippen LogP contribution is -2.45. The molecule has 0 spiro atoms. The third-order valence-corrected chi connectivity index (χ3v) is 3.71. The van der Waals surface area contributed by atoms with Crippen molar-refractivity contribution in [3.8, 4) is 0 Å². The minimum Gasteiger partial charge on any atom is -0.377 e. The van der Waals surface area contributed by atoms with Crippen LogP contribution in [-0.4, -0.2) is 23.7 Å². The van der Waals surface area contributed by atoms with Gasteiger partial charge in [-0.25, -0.2) is 0 Å². The number of hydrogen-bond acceptors (Lipinski definition) is 4. The number of nitrogens with two attached hydrogens (primary N) is 1. The van der Waals surface area contributed by atoms with Gasteiger partial charge in [-0.15, -0.1) is 0 Å². The van der Waals surface area contributed by atoms with E-state index in [1.807, 2.05) is 18.2 Å². The molecule has 3 N–H and O–H groups in total. The number of nitrogens with zero attached hydrogens (tertiary/aromatic N) is 1. The minimum atomic E-state index is 0.135. The molecule has 1 saturated heterocycles. The lowest BCUT2D eigenvalue weighted by Gasteiger charge is -2.21. The first-order valence-corrected chi connectivity index (χ1v) is 6.79. The summed E-state index contributed by atoms with van der Waals surface area (Å²) < 4.78 is 5.70. The molecule has 2 atom stereocenters. The highest BCUT2D eigenvalue weighted by molar-refractivity contribution is 5.78. The molecular formula is C15H19N3O. The number of benzene rings is 1. The van der Waals surface area contributed by atoms with Crippen LogP contribution in [0.3, 0.4) is 0 Å². The van der Waals surface area contributed by atoms with E-state index in [2.05, 4.69) is 28.6 Å². The van der Waals surface area contributed by atoms with Gasteiger partial charge in [-0.05, 0) is 25.0 Å². The molecule has 2 unspecified atom stereocenters. The van der Waals surface area contributed by atoms with Crippen molar-refractivity contribution in [2.75, 3.05) is 6.61 Å². The number of ether oxygens (including phenoxy) is 1. The van der Waals surface area contributed by atoms with Crippen molar-refractivity contribution in [2.24, 2.45) is 5.84 Å². The monoisotopic (exact) mass is 257 g/mol. The highest BCUT2D eigenvalue weighted by Crippen LogP contribution is 2.19. The Labute approximate surface area is 112 Å². The zero-order valence-corrected chi connectivity index (χ0v) is 10.9. The number of hydrogen-bond donors (Lipinski definition) is 2. The van der Waals surface area contributed by atoms with Crippen LogP contribution in [0.4, 0.5) is 0 Å². The second-order valence-corrected chi connectivity index (χ2v) is 5.02. The summed E-state index contributed by atoms with van der Waals surface area (Å²) in [7, 11) is 0. The van der Waals surface area contributed by atoms with Crippen molar-refractivity contribution in [1.29, 1.82) is 0 Å². The van der Waals surface area contributed by atoms with Crippen LogP contribution in [0, 0.1) is 0 Å². The van der Waals surface area contributed by atoms with Gasteiger partial charge in [0.25, 0.3) is 0 Å². The zero-order valence-electron chi connectivity index (χ0n) is 10.9. The van der Waals surface area contributed by atoms with Gasteiger partial charge in [0.2, 0.25) is 0 Å². The maximum absolute atomic E-state index is 5.70. The standard InChI is InChI=1S/C15H19N3O/c16-18-14(15-6-3-9-19-15)10-12-8-7-11-4-1-2-5-13(11)17-12/h1-2,4-5,7-8,14-15,18H,3,6,9-10,16H2. The summed E-state index contributed by atoms with van der Waals surface area (Å²) in [6.07, 6.45) is 3.20. The summed E-state index contributed by atoms with van der Waals surface area (Å²) in [6, 6.07) is 12.5. The molecular weight excluding hydrogens is 238 g/mol. The van der Waals surface area contributed by atoms with Crippen molar-refractivity contribution in [3.63, 3.8) is 0 Å². The smallest absolute Gasteiger partial charge is 0.0746 e. The third kappa shape index (κ3) is 2.76. The Bertz CT molecular complexity index is 552. The quantitative estimate of drug-likeness (QED) is 0.647. The fourth-order valence-corrected chi connectivity index (χ4v) is 2.66. The Morgan fingerprint density at radius 2 is 2.21 bits per heavy atom. The van der Waals surface area contributed by atoms with Crippen LogP contribution in [0.5, 0.6) is 0 Å². The van der Waals surface area contributed by atoms with E-state index >= 15 is 0 Å². The number of aromatic nitrogens is 1. The molecule has 0 aliphatic carbocycles. The van der Waals surface area contributed by atoms with Crippen LogP contribution in [0.2, 0.25) is 0 Å². The van der Waals surface area contributed by atoms with Gasteiger partial charge in [0, 0.05) is 24.1 Å². The van der Waals surface area contributed by atoms with Gasteiger partial charge >= 0.3 is 0 Å². The van der Waals surface area contributed by atoms with Crippen molar-refractivity contribution in [3.05, 3.63) is 42.1 Å². The topological polar surface area (TPSA) is 60.2 Å². The Morgan fingerprint density at radius 1 is 1.32 bits per heavy atom. The highest BCUT2D eigenvalue weighted by atomic mass is 16.5. The first-order valence-electron chi connectivity index (χ1n) is 6.79. The number of para-hydroxylation sites is 1. The fourth-order valence-electron chi connectivity index (χ4n) is 2.66. The summed E-state index contributed by atoms with van der Waals surface area (Å²) in [5.74, 6) is 5.66. The van der Waals surface area contributed by atoms with Gasteiger partial charge in [0.05, 0.1) is 17.7 Å². The van der Waals surface area contributed by atoms with E-state index in [1.54, 1.807) is 0 Å². The Hall–Kier alpha value is -1.49. The molecule has 3 rings (SSSR count). The Balaban J connectivity index is 1.79. The molecule has 0 bridgehead atoms. The average molecular weight is 257 g/mol. The van der Waals surface area contributed by atoms with Crippen LogP contribution in [0.1, 0.15) is 18.5 Å². The highest BCUT2D eigenvalue weighted by Gasteiger charge is 2.25. The van der Waals surface area contributed by atoms with E-state index in [0.29, 0.717) is 0 Å². The second-order valence-electron chi connectivity index (χ2n) is 5.02. The van der Waals surface area contributed by atoms with Crippen LogP contribution in [0.25, 0.3) is 10.9 Å². The number of rotatable bonds is 4. The van der Waals surface area contributed by atoms with Gasteiger partial charge in [-0.2, -0.15) is 0 Å². The third-order valence-electron chi connectivity index (χ3n) is 3.71. The lowest BCUT2D eigenvalue weighted by molar-refractivity contribution is 0.0782. The van der Waals surface area contributed by atoms with Crippen LogP contribution >= 0.6 is 0 Å². The molecule has 0 radical (unpaired) electrons. The molecule has 0 saturated carbocycles. The number of fused-ring (bicyclic) bond motifs is 1. The molecule has 4 heteroatoms. The molecule has 1 aromatic carbocycles. The van der Waals surface area contributed by atoms with Crippen LogP contribution < -0.4 is 11.3 Å². The zero-order chi connectivity index (χ0) is 13.1. The van der Waals surface area contributed by atoms with Gasteiger partial charge in [0.15, 0.2) is 0 Å². The average Bonchev–Trinajstić information content (AvgIpc) is 2.98. The normalized spacial score (nSPS) is 20.8. The molecule has 100 valence electrons. The predicted octanol–water partition coefficient (Wildman–Crippen LogP) is 1.79. The van der Waals surface area contributed by atoms with Crippen LogP contribution in [0.15, 0.2) is 36.4 Å². The molecule has 4 nitrogen and oxygen atoms in total. The fraction of sp³-hybridized carbons (Fsp3) is 0.400. The maximum Gasteiger partial charge on any atom is 0.0746 e. The SMILES string of the molecule is NNC(Cc1ccc2ccccc2n1)C1CCCO1. The van der Waals surface area contributed by atoms with Crippen LogP contribution in [-0.2, 0) is 11.2 Å². The molecule has 1 fully saturated rings. The summed E-state index contributed by atoms with van der Waals surface area (Å²) in [5, 5.41) is 1.17. The predicted molar refractivity (Wildman–Crippen MR) is 75.5 cm³/mol. The van der Waals surface area contributed by atoms with E-state index in [0.717, 1.165) is 37.1 Å². The molecule has 1 aliphatic rings. The second kappa shape index (κ2) is 5.65. The summed E-state index contributed by atoms with van der Waals surface area (Å²) in [5.41, 5.74) is 4.96. The minimum absolute atomic E-state index is 0.135. The van der Waals surface area contributed by atoms with E-state index < -0.39 is 0 Å². The first-order chi connectivity index (χ1) is 9.36. The van der Waals surface area contributed by atoms with Gasteiger partial charge < -0.3 is 4.74 Å². The van der Waals surface area contributed by atoms with Crippen molar-refractivity contribution >= 4 is 10.9 Å². The summed E-state index contributed by atoms with van der Waals surface area (Å²) in [4.78, 5) is 4.68. The molecule has 0 amide bonds. The van der Waals surface area contributed by atoms with Crippen molar-refractivity contribution in [2.45, 2.75) is 31.4 Å². The lowest BCUT2D eigenvalue weighted by atomic mass is 10.0. The van der Waals surface area contributed by atoms with E-state index in [9.17, 15) is 0 Å². The number of pyridine rings is 1. The maximum atomic E-state index is 5.70. The van der Waals surface area contributed by atoms with Gasteiger partial charge in [-0.1, -0.05) is 24.3 Å². The largest absolute Gasteiger partial charge is 0.377 e. The molecule has 2 aromatic rings. The number of hydrazine groups is 1. The Kier molecular flexibility index (Phi) is 3.73. The van der Waals surface area contributed by atoms with E-state index in [1.165, 1.54) is 5.39 Å². The summed E-state index contributed by atoms with van der Waals surface area (Å²) >= 11 is 0. The molecule has 19 heavy (non-hydrogen) atoms. The first kappa shape index (κ1) is 12.5.